The summed E-state index contributed by atoms with van der Waals surface area (Å²) in [5, 5.41) is 2.49. The van der Waals surface area contributed by atoms with Gasteiger partial charge in [-0.25, -0.2) is 9.79 Å². The van der Waals surface area contributed by atoms with Gasteiger partial charge in [-0.1, -0.05) is 54.1 Å². The summed E-state index contributed by atoms with van der Waals surface area (Å²) in [5.74, 6) is 0.526. The number of benzene rings is 2. The molecule has 2 aromatic rings. The third-order valence-corrected chi connectivity index (χ3v) is 7.09. The predicted molar refractivity (Wildman–Crippen MR) is 131 cm³/mol. The fraction of sp³-hybridized carbons (Fsp3) is 0.423. The fourth-order valence-electron chi connectivity index (χ4n) is 5.04. The van der Waals surface area contributed by atoms with Crippen LogP contribution in [0.15, 0.2) is 53.5 Å². The van der Waals surface area contributed by atoms with E-state index in [1.54, 1.807) is 7.05 Å². The minimum absolute atomic E-state index is 0.281. The van der Waals surface area contributed by atoms with E-state index in [2.05, 4.69) is 64.2 Å². The zero-order valence-electron chi connectivity index (χ0n) is 20.1. The Balaban J connectivity index is 1.34. The lowest BCUT2D eigenvalue weighted by Crippen LogP contribution is -2.64. The van der Waals surface area contributed by atoms with E-state index in [1.807, 2.05) is 18.2 Å². The van der Waals surface area contributed by atoms with Crippen molar-refractivity contribution in [3.05, 3.63) is 70.8 Å². The fourth-order valence-corrected chi connectivity index (χ4v) is 5.04. The number of hydrogen-bond acceptors (Lipinski definition) is 6. The van der Waals surface area contributed by atoms with E-state index in [-0.39, 0.29) is 5.91 Å². The van der Waals surface area contributed by atoms with Gasteiger partial charge >= 0.3 is 6.03 Å². The molecule has 0 aliphatic carbocycles. The molecule has 0 aromatic heterocycles. The van der Waals surface area contributed by atoms with E-state index < -0.39 is 18.2 Å². The van der Waals surface area contributed by atoms with Crippen LogP contribution in [0, 0.1) is 13.8 Å². The van der Waals surface area contributed by atoms with Crippen LogP contribution in [0.3, 0.4) is 0 Å². The van der Waals surface area contributed by atoms with Crippen LogP contribution in [-0.2, 0) is 17.9 Å². The summed E-state index contributed by atoms with van der Waals surface area (Å²) in [6.07, 6.45) is -0.507. The average Bonchev–Trinajstić information content (AvgIpc) is 3.21. The molecular formula is C26H32N6O2. The van der Waals surface area contributed by atoms with Crippen molar-refractivity contribution in [3.8, 4) is 0 Å². The maximum atomic E-state index is 12.9. The van der Waals surface area contributed by atoms with Crippen molar-refractivity contribution in [2.75, 3.05) is 33.2 Å². The zero-order valence-corrected chi connectivity index (χ0v) is 20.1. The number of hydrogen-bond donors (Lipinski definition) is 1. The lowest BCUT2D eigenvalue weighted by Gasteiger charge is -2.40. The number of nitrogens with zero attached hydrogens (tertiary/aromatic N) is 5. The first-order valence-electron chi connectivity index (χ1n) is 11.9. The third-order valence-electron chi connectivity index (χ3n) is 7.09. The van der Waals surface area contributed by atoms with E-state index in [9.17, 15) is 9.59 Å². The number of carbonyl (C=O) groups is 2. The van der Waals surface area contributed by atoms with Crippen molar-refractivity contribution in [1.82, 2.24) is 24.9 Å². The molecule has 3 amide bonds. The highest BCUT2D eigenvalue weighted by Crippen LogP contribution is 2.28. The summed E-state index contributed by atoms with van der Waals surface area (Å²) in [7, 11) is 1.70. The minimum atomic E-state index is -0.522. The van der Waals surface area contributed by atoms with Gasteiger partial charge in [0.05, 0.1) is 0 Å². The smallest absolute Gasteiger partial charge is 0.325 e. The third kappa shape index (κ3) is 4.25. The molecular weight excluding hydrogens is 428 g/mol. The van der Waals surface area contributed by atoms with Crippen molar-refractivity contribution >= 4 is 17.9 Å². The van der Waals surface area contributed by atoms with Crippen LogP contribution in [0.2, 0.25) is 0 Å². The van der Waals surface area contributed by atoms with E-state index in [4.69, 9.17) is 4.99 Å². The van der Waals surface area contributed by atoms with Crippen LogP contribution in [0.1, 0.15) is 22.3 Å². The van der Waals surface area contributed by atoms with Crippen molar-refractivity contribution in [3.63, 3.8) is 0 Å². The number of fused-ring (bicyclic) bond motifs is 1. The molecule has 0 radical (unpaired) electrons. The Morgan fingerprint density at radius 3 is 2.44 bits per heavy atom. The molecule has 0 bridgehead atoms. The van der Waals surface area contributed by atoms with Crippen molar-refractivity contribution < 1.29 is 9.59 Å². The van der Waals surface area contributed by atoms with Gasteiger partial charge in [-0.3, -0.25) is 15.0 Å². The number of nitrogens with one attached hydrogen (secondary N) is 1. The molecule has 178 valence electrons. The molecule has 3 aliphatic heterocycles. The molecule has 3 aliphatic rings. The van der Waals surface area contributed by atoms with Crippen LogP contribution in [0.25, 0.3) is 0 Å². The molecule has 2 unspecified atom stereocenters. The van der Waals surface area contributed by atoms with Crippen molar-refractivity contribution in [2.24, 2.45) is 4.99 Å². The SMILES string of the molecule is Cc1ccc(C)c(CN2CCN(C3=NC4C(C(=O)NC(=O)N4C)N3Cc3ccccc3)CC2)c1. The van der Waals surface area contributed by atoms with E-state index in [1.165, 1.54) is 21.6 Å². The lowest BCUT2D eigenvalue weighted by molar-refractivity contribution is -0.127. The van der Waals surface area contributed by atoms with Crippen LogP contribution >= 0.6 is 0 Å². The minimum Gasteiger partial charge on any atom is -0.340 e. The Labute approximate surface area is 200 Å². The molecule has 2 aromatic carbocycles. The highest BCUT2D eigenvalue weighted by Gasteiger charge is 2.49. The summed E-state index contributed by atoms with van der Waals surface area (Å²) < 4.78 is 0. The molecule has 2 atom stereocenters. The molecule has 3 heterocycles. The first-order chi connectivity index (χ1) is 16.4. The number of imide groups is 1. The molecule has 2 saturated heterocycles. The number of rotatable bonds is 4. The molecule has 8 heteroatoms. The molecule has 0 saturated carbocycles. The Hall–Kier alpha value is -3.39. The van der Waals surface area contributed by atoms with Gasteiger partial charge in [-0.05, 0) is 30.5 Å². The van der Waals surface area contributed by atoms with Gasteiger partial charge in [0.1, 0.15) is 0 Å². The zero-order chi connectivity index (χ0) is 23.8. The Bertz CT molecular complexity index is 1110. The van der Waals surface area contributed by atoms with Crippen LogP contribution in [-0.4, -0.2) is 82.9 Å². The molecule has 1 N–H and O–H groups in total. The van der Waals surface area contributed by atoms with Gasteiger partial charge in [-0.15, -0.1) is 0 Å². The van der Waals surface area contributed by atoms with Gasteiger partial charge < -0.3 is 14.7 Å². The van der Waals surface area contributed by atoms with E-state index in [0.717, 1.165) is 44.2 Å². The number of carbonyl (C=O) groups excluding carboxylic acids is 2. The van der Waals surface area contributed by atoms with Gasteiger partial charge in [0.25, 0.3) is 5.91 Å². The predicted octanol–water partition coefficient (Wildman–Crippen LogP) is 2.17. The molecule has 0 spiro atoms. The van der Waals surface area contributed by atoms with Gasteiger partial charge in [0, 0.05) is 46.3 Å². The molecule has 8 nitrogen and oxygen atoms in total. The number of amides is 3. The second-order valence-electron chi connectivity index (χ2n) is 9.50. The largest absolute Gasteiger partial charge is 0.340 e. The number of urea groups is 1. The first kappa shape index (κ1) is 22.4. The summed E-state index contributed by atoms with van der Waals surface area (Å²) >= 11 is 0. The quantitative estimate of drug-likeness (QED) is 0.757. The molecule has 34 heavy (non-hydrogen) atoms. The van der Waals surface area contributed by atoms with Crippen molar-refractivity contribution in [1.29, 1.82) is 0 Å². The lowest BCUT2D eigenvalue weighted by atomic mass is 10.0. The average molecular weight is 461 g/mol. The van der Waals surface area contributed by atoms with Crippen LogP contribution < -0.4 is 5.32 Å². The maximum Gasteiger partial charge on any atom is 0.325 e. The van der Waals surface area contributed by atoms with Crippen molar-refractivity contribution in [2.45, 2.75) is 39.1 Å². The normalized spacial score (nSPS) is 23.1. The topological polar surface area (TPSA) is 71.5 Å². The summed E-state index contributed by atoms with van der Waals surface area (Å²) in [5.41, 5.74) is 5.10. The highest BCUT2D eigenvalue weighted by molar-refractivity contribution is 6.03. The number of piperazine rings is 1. The second-order valence-corrected chi connectivity index (χ2v) is 9.50. The van der Waals surface area contributed by atoms with E-state index >= 15 is 0 Å². The second kappa shape index (κ2) is 9.10. The van der Waals surface area contributed by atoms with Crippen LogP contribution in [0.5, 0.6) is 0 Å². The summed E-state index contributed by atoms with van der Waals surface area (Å²) in [6.45, 7) is 9.30. The monoisotopic (exact) mass is 460 g/mol. The Morgan fingerprint density at radius 1 is 0.971 bits per heavy atom. The standard InChI is InChI=1S/C26H32N6O2/c1-18-9-10-19(2)21(15-18)17-30-11-13-31(14-12-30)25-27-23-22(24(33)28-26(34)29(23)3)32(25)16-20-7-5-4-6-8-20/h4-10,15,22-23H,11-14,16-17H2,1-3H3,(H,28,33,34). The number of likely N-dealkylation sites (N-methyl/N-ethyl adjacent to an activating group) is 1. The number of aryl methyl sites for hydroxylation is 2. The maximum absolute atomic E-state index is 12.9. The first-order valence-corrected chi connectivity index (χ1v) is 11.9. The van der Waals surface area contributed by atoms with Crippen LogP contribution in [0.4, 0.5) is 4.79 Å². The van der Waals surface area contributed by atoms with Gasteiger partial charge in [0.15, 0.2) is 18.2 Å². The number of aliphatic imine (C=N–C) groups is 1. The Kier molecular flexibility index (Phi) is 6.00. The summed E-state index contributed by atoms with van der Waals surface area (Å²) in [6, 6.07) is 15.8. The van der Waals surface area contributed by atoms with Gasteiger partial charge in [0.2, 0.25) is 0 Å². The Morgan fingerprint density at radius 2 is 1.71 bits per heavy atom. The molecule has 5 rings (SSSR count). The van der Waals surface area contributed by atoms with Gasteiger partial charge in [-0.2, -0.15) is 0 Å². The van der Waals surface area contributed by atoms with E-state index in [0.29, 0.717) is 6.54 Å². The summed E-state index contributed by atoms with van der Waals surface area (Å²) in [4.78, 5) is 38.4. The highest BCUT2D eigenvalue weighted by atomic mass is 16.2. The molecule has 2 fully saturated rings. The number of guanidine groups is 1.